The average Bonchev–Trinajstić information content (AvgIpc) is 2.38. The van der Waals surface area contributed by atoms with Crippen molar-refractivity contribution >= 4 is 6.03 Å². The molecule has 0 aromatic carbocycles. The second kappa shape index (κ2) is 5.48. The first kappa shape index (κ1) is 11.6. The second-order valence-corrected chi connectivity index (χ2v) is 4.27. The van der Waals surface area contributed by atoms with E-state index in [1.807, 2.05) is 17.0 Å². The Balaban J connectivity index is 1.82. The summed E-state index contributed by atoms with van der Waals surface area (Å²) in [5, 5.41) is 2.90. The van der Waals surface area contributed by atoms with Gasteiger partial charge in [0.15, 0.2) is 0 Å². The summed E-state index contributed by atoms with van der Waals surface area (Å²) in [6.07, 6.45) is 6.57. The van der Waals surface area contributed by atoms with Gasteiger partial charge in [-0.1, -0.05) is 17.7 Å². The molecule has 2 rings (SSSR count). The highest BCUT2D eigenvalue weighted by Crippen LogP contribution is 2.09. The number of carbonyl (C=O) groups is 1. The van der Waals surface area contributed by atoms with Gasteiger partial charge in [0.2, 0.25) is 0 Å². The zero-order valence-corrected chi connectivity index (χ0v) is 10.0. The van der Waals surface area contributed by atoms with Crippen LogP contribution < -0.4 is 5.32 Å². The van der Waals surface area contributed by atoms with Gasteiger partial charge in [-0.25, -0.2) is 4.79 Å². The van der Waals surface area contributed by atoms with Crippen molar-refractivity contribution < 1.29 is 4.79 Å². The van der Waals surface area contributed by atoms with Crippen molar-refractivity contribution in [2.24, 2.45) is 0 Å². The molecular formula is C13H17N3O. The predicted molar refractivity (Wildman–Crippen MR) is 66.4 cm³/mol. The van der Waals surface area contributed by atoms with E-state index in [1.165, 1.54) is 5.57 Å². The molecule has 2 amide bonds. The maximum absolute atomic E-state index is 11.8. The van der Waals surface area contributed by atoms with E-state index in [9.17, 15) is 4.79 Å². The first-order valence-corrected chi connectivity index (χ1v) is 5.83. The van der Waals surface area contributed by atoms with Gasteiger partial charge in [0.1, 0.15) is 0 Å². The summed E-state index contributed by atoms with van der Waals surface area (Å²) in [4.78, 5) is 17.7. The summed E-state index contributed by atoms with van der Waals surface area (Å²) < 4.78 is 0. The highest BCUT2D eigenvalue weighted by atomic mass is 16.2. The van der Waals surface area contributed by atoms with E-state index in [-0.39, 0.29) is 6.03 Å². The monoisotopic (exact) mass is 231 g/mol. The summed E-state index contributed by atoms with van der Waals surface area (Å²) in [7, 11) is 0. The zero-order valence-electron chi connectivity index (χ0n) is 10.0. The van der Waals surface area contributed by atoms with E-state index in [4.69, 9.17) is 0 Å². The van der Waals surface area contributed by atoms with Crippen molar-refractivity contribution in [3.63, 3.8) is 0 Å². The predicted octanol–water partition coefficient (Wildman–Crippen LogP) is 1.94. The Kier molecular flexibility index (Phi) is 3.75. The molecule has 90 valence electrons. The number of urea groups is 1. The lowest BCUT2D eigenvalue weighted by Crippen LogP contribution is -2.41. The van der Waals surface area contributed by atoms with Crippen molar-refractivity contribution in [2.75, 3.05) is 13.1 Å². The van der Waals surface area contributed by atoms with Crippen LogP contribution in [-0.4, -0.2) is 29.0 Å². The Morgan fingerprint density at radius 3 is 3.12 bits per heavy atom. The van der Waals surface area contributed by atoms with Gasteiger partial charge in [0.05, 0.1) is 0 Å². The van der Waals surface area contributed by atoms with Crippen LogP contribution in [0.5, 0.6) is 0 Å². The van der Waals surface area contributed by atoms with E-state index < -0.39 is 0 Å². The van der Waals surface area contributed by atoms with Gasteiger partial charge in [-0.15, -0.1) is 0 Å². The van der Waals surface area contributed by atoms with Crippen LogP contribution in [0, 0.1) is 0 Å². The molecule has 17 heavy (non-hydrogen) atoms. The third-order valence-corrected chi connectivity index (χ3v) is 2.89. The minimum atomic E-state index is -0.00222. The minimum Gasteiger partial charge on any atom is -0.334 e. The summed E-state index contributed by atoms with van der Waals surface area (Å²) in [5.41, 5.74) is 2.38. The largest absolute Gasteiger partial charge is 0.334 e. The first-order valence-electron chi connectivity index (χ1n) is 5.83. The maximum Gasteiger partial charge on any atom is 0.317 e. The molecule has 0 saturated heterocycles. The molecule has 1 aliphatic heterocycles. The molecule has 0 spiro atoms. The van der Waals surface area contributed by atoms with Crippen molar-refractivity contribution in [1.82, 2.24) is 15.2 Å². The summed E-state index contributed by atoms with van der Waals surface area (Å²) in [6.45, 7) is 4.16. The van der Waals surface area contributed by atoms with E-state index in [2.05, 4.69) is 23.3 Å². The SMILES string of the molecule is CC1=CCN(C(=O)NCc2cccnc2)CC1. The number of nitrogens with one attached hydrogen (secondary N) is 1. The molecule has 1 aromatic rings. The van der Waals surface area contributed by atoms with Crippen LogP contribution in [0.1, 0.15) is 18.9 Å². The number of hydrogen-bond donors (Lipinski definition) is 1. The van der Waals surface area contributed by atoms with E-state index in [0.717, 1.165) is 18.5 Å². The van der Waals surface area contributed by atoms with Gasteiger partial charge < -0.3 is 10.2 Å². The lowest BCUT2D eigenvalue weighted by atomic mass is 10.1. The Hall–Kier alpha value is -1.84. The molecule has 0 bridgehead atoms. The van der Waals surface area contributed by atoms with Gasteiger partial charge in [-0.3, -0.25) is 4.98 Å². The number of nitrogens with zero attached hydrogens (tertiary/aromatic N) is 2. The van der Waals surface area contributed by atoms with Crippen molar-refractivity contribution in [3.05, 3.63) is 41.7 Å². The molecule has 0 radical (unpaired) electrons. The Bertz CT molecular complexity index is 414. The molecule has 4 heteroatoms. The molecule has 2 heterocycles. The number of amides is 2. The summed E-state index contributed by atoms with van der Waals surface area (Å²) >= 11 is 0. The number of carbonyl (C=O) groups excluding carboxylic acids is 1. The Morgan fingerprint density at radius 1 is 1.59 bits per heavy atom. The van der Waals surface area contributed by atoms with Crippen LogP contribution in [-0.2, 0) is 6.54 Å². The fourth-order valence-corrected chi connectivity index (χ4v) is 1.75. The van der Waals surface area contributed by atoms with Crippen LogP contribution in [0.15, 0.2) is 36.2 Å². The van der Waals surface area contributed by atoms with Crippen molar-refractivity contribution in [2.45, 2.75) is 19.9 Å². The highest BCUT2D eigenvalue weighted by molar-refractivity contribution is 5.74. The van der Waals surface area contributed by atoms with Crippen molar-refractivity contribution in [3.8, 4) is 0 Å². The molecule has 0 aliphatic carbocycles. The highest BCUT2D eigenvalue weighted by Gasteiger charge is 2.14. The van der Waals surface area contributed by atoms with Crippen LogP contribution in [0.25, 0.3) is 0 Å². The van der Waals surface area contributed by atoms with Gasteiger partial charge in [-0.2, -0.15) is 0 Å². The molecule has 1 aliphatic rings. The molecule has 1 N–H and O–H groups in total. The Morgan fingerprint density at radius 2 is 2.47 bits per heavy atom. The zero-order chi connectivity index (χ0) is 12.1. The standard InChI is InChI=1S/C13H17N3O/c1-11-4-7-16(8-5-11)13(17)15-10-12-3-2-6-14-9-12/h2-4,6,9H,5,7-8,10H2,1H3,(H,15,17). The lowest BCUT2D eigenvalue weighted by molar-refractivity contribution is 0.201. The molecular weight excluding hydrogens is 214 g/mol. The smallest absolute Gasteiger partial charge is 0.317 e. The fraction of sp³-hybridized carbons (Fsp3) is 0.385. The lowest BCUT2D eigenvalue weighted by Gasteiger charge is -2.25. The van der Waals surface area contributed by atoms with Gasteiger partial charge >= 0.3 is 6.03 Å². The van der Waals surface area contributed by atoms with Gasteiger partial charge in [-0.05, 0) is 25.0 Å². The molecule has 1 aromatic heterocycles. The summed E-state index contributed by atoms with van der Waals surface area (Å²) in [6, 6.07) is 3.82. The van der Waals surface area contributed by atoms with E-state index in [0.29, 0.717) is 13.1 Å². The van der Waals surface area contributed by atoms with Crippen LogP contribution in [0.3, 0.4) is 0 Å². The molecule has 4 nitrogen and oxygen atoms in total. The van der Waals surface area contributed by atoms with Gasteiger partial charge in [0.25, 0.3) is 0 Å². The number of pyridine rings is 1. The quantitative estimate of drug-likeness (QED) is 0.791. The van der Waals surface area contributed by atoms with Crippen molar-refractivity contribution in [1.29, 1.82) is 0 Å². The fourth-order valence-electron chi connectivity index (χ4n) is 1.75. The number of rotatable bonds is 2. The first-order chi connectivity index (χ1) is 8.25. The van der Waals surface area contributed by atoms with Crippen LogP contribution >= 0.6 is 0 Å². The normalized spacial score (nSPS) is 15.4. The minimum absolute atomic E-state index is 0.00222. The van der Waals surface area contributed by atoms with Gasteiger partial charge in [0, 0.05) is 32.0 Å². The molecule has 0 atom stereocenters. The maximum atomic E-state index is 11.8. The number of hydrogen-bond acceptors (Lipinski definition) is 2. The van der Waals surface area contributed by atoms with E-state index in [1.54, 1.807) is 12.4 Å². The van der Waals surface area contributed by atoms with Crippen LogP contribution in [0.4, 0.5) is 4.79 Å². The summed E-state index contributed by atoms with van der Waals surface area (Å²) in [5.74, 6) is 0. The second-order valence-electron chi connectivity index (χ2n) is 4.27. The Labute approximate surface area is 101 Å². The average molecular weight is 231 g/mol. The topological polar surface area (TPSA) is 45.2 Å². The molecule has 0 saturated carbocycles. The molecule has 0 unspecified atom stereocenters. The van der Waals surface area contributed by atoms with E-state index >= 15 is 0 Å². The third kappa shape index (κ3) is 3.31. The number of aromatic nitrogens is 1. The molecule has 0 fully saturated rings. The van der Waals surface area contributed by atoms with Crippen LogP contribution in [0.2, 0.25) is 0 Å². The third-order valence-electron chi connectivity index (χ3n) is 2.89.